The highest BCUT2D eigenvalue weighted by Gasteiger charge is 2.02. The van der Waals surface area contributed by atoms with Crippen molar-refractivity contribution < 1.29 is 9.57 Å². The number of hydroxylamine groups is 1. The molecule has 0 aromatic heterocycles. The number of hydrogen-bond acceptors (Lipinski definition) is 3. The molecule has 16 heavy (non-hydrogen) atoms. The molecule has 1 aromatic carbocycles. The van der Waals surface area contributed by atoms with Crippen LogP contribution in [-0.2, 0) is 11.4 Å². The quantitative estimate of drug-likeness (QED) is 0.594. The van der Waals surface area contributed by atoms with Crippen LogP contribution in [0.3, 0.4) is 0 Å². The van der Waals surface area contributed by atoms with Crippen molar-refractivity contribution >= 4 is 0 Å². The van der Waals surface area contributed by atoms with Gasteiger partial charge in [-0.25, -0.2) is 0 Å². The molecule has 0 unspecified atom stereocenters. The van der Waals surface area contributed by atoms with Gasteiger partial charge >= 0.3 is 0 Å². The zero-order chi connectivity index (χ0) is 12.0. The second kappa shape index (κ2) is 6.51. The Balaban J connectivity index is 2.48. The van der Waals surface area contributed by atoms with Gasteiger partial charge in [-0.2, -0.15) is 5.48 Å². The van der Waals surface area contributed by atoms with Gasteiger partial charge in [0.1, 0.15) is 5.75 Å². The Morgan fingerprint density at radius 2 is 2.06 bits per heavy atom. The Kier molecular flexibility index (Phi) is 5.29. The summed E-state index contributed by atoms with van der Waals surface area (Å²) < 4.78 is 5.28. The van der Waals surface area contributed by atoms with Gasteiger partial charge in [-0.1, -0.05) is 31.5 Å². The average Bonchev–Trinajstić information content (AvgIpc) is 2.24. The van der Waals surface area contributed by atoms with Crippen LogP contribution in [-0.4, -0.2) is 13.7 Å². The molecule has 0 radical (unpaired) electrons. The summed E-state index contributed by atoms with van der Waals surface area (Å²) in [5.41, 5.74) is 5.30. The monoisotopic (exact) mass is 223 g/mol. The number of benzene rings is 1. The average molecular weight is 223 g/mol. The predicted molar refractivity (Wildman–Crippen MR) is 65.4 cm³/mol. The molecule has 0 bridgehead atoms. The maximum Gasteiger partial charge on any atom is 0.123 e. The number of aryl methyl sites for hydroxylation is 1. The molecule has 3 heteroatoms. The van der Waals surface area contributed by atoms with Crippen molar-refractivity contribution in [3.8, 4) is 5.75 Å². The van der Waals surface area contributed by atoms with Crippen molar-refractivity contribution in [2.45, 2.75) is 27.3 Å². The van der Waals surface area contributed by atoms with Crippen LogP contribution < -0.4 is 10.2 Å². The Morgan fingerprint density at radius 3 is 2.69 bits per heavy atom. The van der Waals surface area contributed by atoms with Gasteiger partial charge in [0.2, 0.25) is 0 Å². The topological polar surface area (TPSA) is 30.5 Å². The van der Waals surface area contributed by atoms with E-state index in [0.29, 0.717) is 19.1 Å². The molecule has 90 valence electrons. The summed E-state index contributed by atoms with van der Waals surface area (Å²) in [4.78, 5) is 5.33. The van der Waals surface area contributed by atoms with Crippen molar-refractivity contribution in [2.24, 2.45) is 5.92 Å². The van der Waals surface area contributed by atoms with Crippen LogP contribution in [0, 0.1) is 12.8 Å². The molecule has 1 N–H and O–H groups in total. The van der Waals surface area contributed by atoms with Crippen molar-refractivity contribution in [3.63, 3.8) is 0 Å². The largest absolute Gasteiger partial charge is 0.496 e. The fourth-order valence-electron chi connectivity index (χ4n) is 1.40. The third kappa shape index (κ3) is 4.21. The molecule has 0 saturated carbocycles. The molecule has 0 aliphatic carbocycles. The van der Waals surface area contributed by atoms with Gasteiger partial charge in [-0.3, -0.25) is 0 Å². The van der Waals surface area contributed by atoms with Gasteiger partial charge in [0.25, 0.3) is 0 Å². The maximum atomic E-state index is 5.33. The molecular weight excluding hydrogens is 202 g/mol. The van der Waals surface area contributed by atoms with E-state index >= 15 is 0 Å². The molecule has 0 fully saturated rings. The molecule has 0 amide bonds. The van der Waals surface area contributed by atoms with E-state index in [-0.39, 0.29) is 0 Å². The van der Waals surface area contributed by atoms with Crippen LogP contribution in [0.4, 0.5) is 0 Å². The van der Waals surface area contributed by atoms with Gasteiger partial charge < -0.3 is 9.57 Å². The standard InChI is InChI=1S/C13H21NO2/c1-10(2)9-16-14-8-12-7-11(3)5-6-13(12)15-4/h5-7,10,14H,8-9H2,1-4H3. The van der Waals surface area contributed by atoms with E-state index in [4.69, 9.17) is 9.57 Å². The molecule has 0 aliphatic heterocycles. The summed E-state index contributed by atoms with van der Waals surface area (Å²) in [6, 6.07) is 6.12. The number of ether oxygens (including phenoxy) is 1. The third-order valence-corrected chi connectivity index (χ3v) is 2.22. The summed E-state index contributed by atoms with van der Waals surface area (Å²) in [6.07, 6.45) is 0. The normalized spacial score (nSPS) is 10.8. The van der Waals surface area contributed by atoms with Crippen LogP contribution >= 0.6 is 0 Å². The van der Waals surface area contributed by atoms with E-state index in [1.165, 1.54) is 5.56 Å². The summed E-state index contributed by atoms with van der Waals surface area (Å²) in [6.45, 7) is 7.69. The van der Waals surface area contributed by atoms with E-state index in [1.54, 1.807) is 7.11 Å². The summed E-state index contributed by atoms with van der Waals surface area (Å²) in [5, 5.41) is 0. The van der Waals surface area contributed by atoms with Crippen LogP contribution in [0.5, 0.6) is 5.75 Å². The molecule has 0 atom stereocenters. The van der Waals surface area contributed by atoms with E-state index < -0.39 is 0 Å². The first-order chi connectivity index (χ1) is 7.63. The second-order valence-corrected chi connectivity index (χ2v) is 4.34. The summed E-state index contributed by atoms with van der Waals surface area (Å²) in [7, 11) is 1.68. The number of hydrogen-bond donors (Lipinski definition) is 1. The van der Waals surface area contributed by atoms with E-state index in [0.717, 1.165) is 11.3 Å². The predicted octanol–water partition coefficient (Wildman–Crippen LogP) is 2.68. The lowest BCUT2D eigenvalue weighted by atomic mass is 10.1. The molecule has 0 heterocycles. The Bertz CT molecular complexity index is 324. The zero-order valence-corrected chi connectivity index (χ0v) is 10.5. The minimum atomic E-state index is 0.534. The molecular formula is C13H21NO2. The van der Waals surface area contributed by atoms with E-state index in [2.05, 4.69) is 32.3 Å². The van der Waals surface area contributed by atoms with Crippen molar-refractivity contribution in [2.75, 3.05) is 13.7 Å². The van der Waals surface area contributed by atoms with Gasteiger partial charge in [0.05, 0.1) is 13.7 Å². The van der Waals surface area contributed by atoms with Gasteiger partial charge in [0, 0.05) is 12.1 Å². The lowest BCUT2D eigenvalue weighted by Gasteiger charge is -2.11. The van der Waals surface area contributed by atoms with Crippen LogP contribution in [0.2, 0.25) is 0 Å². The van der Waals surface area contributed by atoms with Crippen molar-refractivity contribution in [1.29, 1.82) is 0 Å². The van der Waals surface area contributed by atoms with Gasteiger partial charge in [0.15, 0.2) is 0 Å². The van der Waals surface area contributed by atoms with Gasteiger partial charge in [-0.05, 0) is 18.9 Å². The summed E-state index contributed by atoms with van der Waals surface area (Å²) >= 11 is 0. The molecule has 0 aliphatic rings. The van der Waals surface area contributed by atoms with E-state index in [9.17, 15) is 0 Å². The first kappa shape index (κ1) is 13.0. The molecule has 1 aromatic rings. The summed E-state index contributed by atoms with van der Waals surface area (Å²) in [5.74, 6) is 1.43. The lowest BCUT2D eigenvalue weighted by molar-refractivity contribution is 0.0193. The Labute approximate surface area is 97.7 Å². The van der Waals surface area contributed by atoms with E-state index in [1.807, 2.05) is 12.1 Å². The van der Waals surface area contributed by atoms with Crippen LogP contribution in [0.1, 0.15) is 25.0 Å². The Hall–Kier alpha value is -1.06. The number of methoxy groups -OCH3 is 1. The highest BCUT2D eigenvalue weighted by molar-refractivity contribution is 5.36. The molecule has 0 spiro atoms. The van der Waals surface area contributed by atoms with Crippen molar-refractivity contribution in [3.05, 3.63) is 29.3 Å². The zero-order valence-electron chi connectivity index (χ0n) is 10.5. The highest BCUT2D eigenvalue weighted by Crippen LogP contribution is 2.19. The van der Waals surface area contributed by atoms with Crippen LogP contribution in [0.15, 0.2) is 18.2 Å². The fraction of sp³-hybridized carbons (Fsp3) is 0.538. The van der Waals surface area contributed by atoms with Gasteiger partial charge in [-0.15, -0.1) is 0 Å². The third-order valence-electron chi connectivity index (χ3n) is 2.22. The first-order valence-electron chi connectivity index (χ1n) is 5.61. The highest BCUT2D eigenvalue weighted by atomic mass is 16.6. The SMILES string of the molecule is COc1ccc(C)cc1CNOCC(C)C. The fourth-order valence-corrected chi connectivity index (χ4v) is 1.40. The minimum absolute atomic E-state index is 0.534. The number of nitrogens with one attached hydrogen (secondary N) is 1. The molecule has 0 saturated heterocycles. The smallest absolute Gasteiger partial charge is 0.123 e. The first-order valence-corrected chi connectivity index (χ1v) is 5.61. The van der Waals surface area contributed by atoms with Crippen molar-refractivity contribution in [1.82, 2.24) is 5.48 Å². The molecule has 3 nitrogen and oxygen atoms in total. The lowest BCUT2D eigenvalue weighted by Crippen LogP contribution is -2.17. The second-order valence-electron chi connectivity index (χ2n) is 4.34. The van der Waals surface area contributed by atoms with Crippen LogP contribution in [0.25, 0.3) is 0 Å². The molecule has 1 rings (SSSR count). The number of rotatable bonds is 6. The Morgan fingerprint density at radius 1 is 1.31 bits per heavy atom. The minimum Gasteiger partial charge on any atom is -0.496 e. The maximum absolute atomic E-state index is 5.33.